The van der Waals surface area contributed by atoms with Gasteiger partial charge in [-0.15, -0.1) is 11.3 Å². The molecule has 2 nitrogen and oxygen atoms in total. The molecule has 0 saturated heterocycles. The molecule has 0 radical (unpaired) electrons. The van der Waals surface area contributed by atoms with E-state index in [1.807, 2.05) is 44.2 Å². The first-order valence-corrected chi connectivity index (χ1v) is 8.33. The maximum Gasteiger partial charge on any atom is 0.331 e. The predicted molar refractivity (Wildman–Crippen MR) is 96.9 cm³/mol. The van der Waals surface area contributed by atoms with Crippen molar-refractivity contribution < 1.29 is 9.90 Å². The van der Waals surface area contributed by atoms with Gasteiger partial charge >= 0.3 is 5.97 Å². The van der Waals surface area contributed by atoms with Gasteiger partial charge < -0.3 is 5.11 Å². The zero-order valence-corrected chi connectivity index (χ0v) is 15.0. The predicted octanol–water partition coefficient (Wildman–Crippen LogP) is 6.38. The zero-order valence-electron chi connectivity index (χ0n) is 12.7. The summed E-state index contributed by atoms with van der Waals surface area (Å²) in [6.45, 7) is 5.59. The fourth-order valence-corrected chi connectivity index (χ4v) is 3.22. The van der Waals surface area contributed by atoms with Gasteiger partial charge in [-0.2, -0.15) is 0 Å². The quantitative estimate of drug-likeness (QED) is 0.474. The van der Waals surface area contributed by atoms with E-state index in [-0.39, 0.29) is 0 Å². The molecule has 0 amide bonds. The monoisotopic (exact) mass is 356 g/mol. The number of carbonyl (C=O) groups is 1. The smallest absolute Gasteiger partial charge is 0.331 e. The summed E-state index contributed by atoms with van der Waals surface area (Å²) in [6.07, 6.45) is 9.91. The average Bonchev–Trinajstić information content (AvgIpc) is 2.75. The highest BCUT2D eigenvalue weighted by molar-refractivity contribution is 7.20. The van der Waals surface area contributed by atoms with E-state index in [1.165, 1.54) is 11.3 Å². The normalized spacial score (nSPS) is 14.0. The first-order valence-electron chi connectivity index (χ1n) is 6.76. The van der Waals surface area contributed by atoms with E-state index in [4.69, 9.17) is 28.3 Å². The van der Waals surface area contributed by atoms with Gasteiger partial charge in [0.25, 0.3) is 0 Å². The Morgan fingerprint density at radius 2 is 2.00 bits per heavy atom. The lowest BCUT2D eigenvalue weighted by Crippen LogP contribution is -2.01. The molecule has 0 bridgehead atoms. The molecule has 0 aromatic carbocycles. The van der Waals surface area contributed by atoms with Gasteiger partial charge in [0.2, 0.25) is 0 Å². The SMILES string of the molecule is CCC(C(=O)O)=C(C)C=CC=C(C)C=Cc1cc(Cl)sc1Cl. The van der Waals surface area contributed by atoms with Crippen LogP contribution in [-0.4, -0.2) is 11.1 Å². The Morgan fingerprint density at radius 3 is 2.50 bits per heavy atom. The number of hydrogen-bond acceptors (Lipinski definition) is 2. The Bertz CT molecular complexity index is 664. The highest BCUT2D eigenvalue weighted by Crippen LogP contribution is 2.32. The van der Waals surface area contributed by atoms with Crippen molar-refractivity contribution in [3.8, 4) is 0 Å². The summed E-state index contributed by atoms with van der Waals surface area (Å²) in [5, 5.41) is 9.05. The third-order valence-corrected chi connectivity index (χ3v) is 4.52. The van der Waals surface area contributed by atoms with Crippen LogP contribution >= 0.6 is 34.5 Å². The zero-order chi connectivity index (χ0) is 16.7. The van der Waals surface area contributed by atoms with Crippen LogP contribution in [0.5, 0.6) is 0 Å². The third kappa shape index (κ3) is 5.84. The molecule has 0 spiro atoms. The number of hydrogen-bond donors (Lipinski definition) is 1. The maximum absolute atomic E-state index is 11.0. The number of rotatable bonds is 6. The van der Waals surface area contributed by atoms with Crippen LogP contribution < -0.4 is 0 Å². The van der Waals surface area contributed by atoms with Crippen molar-refractivity contribution in [1.82, 2.24) is 0 Å². The Kier molecular flexibility index (Phi) is 7.66. The van der Waals surface area contributed by atoms with E-state index < -0.39 is 5.97 Å². The highest BCUT2D eigenvalue weighted by atomic mass is 35.5. The molecule has 1 rings (SSSR count). The Balaban J connectivity index is 2.80. The summed E-state index contributed by atoms with van der Waals surface area (Å²) in [7, 11) is 0. The lowest BCUT2D eigenvalue weighted by Gasteiger charge is -2.00. The summed E-state index contributed by atoms with van der Waals surface area (Å²) >= 11 is 13.3. The van der Waals surface area contributed by atoms with Crippen molar-refractivity contribution in [2.75, 3.05) is 0 Å². The van der Waals surface area contributed by atoms with Gasteiger partial charge in [0.1, 0.15) is 4.34 Å². The number of thiophene rings is 1. The average molecular weight is 357 g/mol. The van der Waals surface area contributed by atoms with Crippen molar-refractivity contribution in [1.29, 1.82) is 0 Å². The van der Waals surface area contributed by atoms with Crippen molar-refractivity contribution in [2.45, 2.75) is 27.2 Å². The minimum Gasteiger partial charge on any atom is -0.478 e. The number of halogens is 2. The molecule has 5 heteroatoms. The maximum atomic E-state index is 11.0. The Morgan fingerprint density at radius 1 is 1.32 bits per heavy atom. The molecular formula is C17H18Cl2O2S. The van der Waals surface area contributed by atoms with E-state index in [0.29, 0.717) is 20.7 Å². The molecule has 0 aliphatic rings. The summed E-state index contributed by atoms with van der Waals surface area (Å²) in [4.78, 5) is 11.0. The molecule has 1 heterocycles. The molecule has 22 heavy (non-hydrogen) atoms. The number of carboxylic acids is 1. The largest absolute Gasteiger partial charge is 0.478 e. The molecule has 0 aliphatic carbocycles. The minimum atomic E-state index is -0.866. The minimum absolute atomic E-state index is 0.428. The fraction of sp³-hybridized carbons (Fsp3) is 0.235. The standard InChI is InChI=1S/C17H18Cl2O2S/c1-4-14(17(20)21)12(3)7-5-6-11(2)8-9-13-10-15(18)22-16(13)19/h5-10H,4H2,1-3H3,(H,20,21). The van der Waals surface area contributed by atoms with Gasteiger partial charge in [-0.25, -0.2) is 4.79 Å². The third-order valence-electron chi connectivity index (χ3n) is 3.00. The molecule has 1 aromatic heterocycles. The molecule has 0 unspecified atom stereocenters. The molecule has 0 aliphatic heterocycles. The second-order valence-electron chi connectivity index (χ2n) is 4.70. The molecule has 1 aromatic rings. The number of carboxylic acid groups (broad SMARTS) is 1. The summed E-state index contributed by atoms with van der Waals surface area (Å²) < 4.78 is 1.32. The van der Waals surface area contributed by atoms with E-state index in [0.717, 1.165) is 16.7 Å². The Labute approximate surface area is 145 Å². The highest BCUT2D eigenvalue weighted by Gasteiger charge is 2.06. The van der Waals surface area contributed by atoms with E-state index >= 15 is 0 Å². The van der Waals surface area contributed by atoms with Crippen LogP contribution in [0.2, 0.25) is 8.67 Å². The Hall–Kier alpha value is -1.29. The van der Waals surface area contributed by atoms with Crippen molar-refractivity contribution in [3.63, 3.8) is 0 Å². The molecular weight excluding hydrogens is 339 g/mol. The van der Waals surface area contributed by atoms with Crippen molar-refractivity contribution >= 4 is 46.6 Å². The van der Waals surface area contributed by atoms with E-state index in [2.05, 4.69) is 0 Å². The second kappa shape index (κ2) is 8.99. The topological polar surface area (TPSA) is 37.3 Å². The summed E-state index contributed by atoms with van der Waals surface area (Å²) in [6, 6.07) is 1.82. The summed E-state index contributed by atoms with van der Waals surface area (Å²) in [5.74, 6) is -0.866. The van der Waals surface area contributed by atoms with Crippen LogP contribution in [0, 0.1) is 0 Å². The molecule has 0 saturated carbocycles. The number of aliphatic carboxylic acids is 1. The van der Waals surface area contributed by atoms with Gasteiger partial charge in [-0.3, -0.25) is 0 Å². The van der Waals surface area contributed by atoms with Crippen LogP contribution in [-0.2, 0) is 4.79 Å². The van der Waals surface area contributed by atoms with Gasteiger partial charge in [0.15, 0.2) is 0 Å². The van der Waals surface area contributed by atoms with Gasteiger partial charge in [0, 0.05) is 11.1 Å². The van der Waals surface area contributed by atoms with Crippen LogP contribution in [0.3, 0.4) is 0 Å². The van der Waals surface area contributed by atoms with E-state index in [1.54, 1.807) is 13.0 Å². The van der Waals surface area contributed by atoms with Gasteiger partial charge in [-0.05, 0) is 31.9 Å². The lowest BCUT2D eigenvalue weighted by atomic mass is 10.1. The van der Waals surface area contributed by atoms with Crippen LogP contribution in [0.25, 0.3) is 6.08 Å². The van der Waals surface area contributed by atoms with Crippen LogP contribution in [0.15, 0.2) is 47.1 Å². The van der Waals surface area contributed by atoms with Crippen LogP contribution in [0.1, 0.15) is 32.8 Å². The van der Waals surface area contributed by atoms with Gasteiger partial charge in [0.05, 0.1) is 4.34 Å². The van der Waals surface area contributed by atoms with Gasteiger partial charge in [-0.1, -0.05) is 66.1 Å². The summed E-state index contributed by atoms with van der Waals surface area (Å²) in [5.41, 5.74) is 3.10. The van der Waals surface area contributed by atoms with E-state index in [9.17, 15) is 4.79 Å². The molecule has 0 fully saturated rings. The molecule has 0 atom stereocenters. The first kappa shape index (κ1) is 18.8. The second-order valence-corrected chi connectivity index (χ2v) is 6.99. The fourth-order valence-electron chi connectivity index (χ4n) is 1.79. The van der Waals surface area contributed by atoms with Crippen molar-refractivity contribution in [3.05, 3.63) is 61.3 Å². The lowest BCUT2D eigenvalue weighted by molar-refractivity contribution is -0.132. The molecule has 1 N–H and O–H groups in total. The van der Waals surface area contributed by atoms with Crippen LogP contribution in [0.4, 0.5) is 0 Å². The first-order chi connectivity index (χ1) is 10.3. The number of allylic oxidation sites excluding steroid dienone is 6. The van der Waals surface area contributed by atoms with Crippen molar-refractivity contribution in [2.24, 2.45) is 0 Å². The molecule has 118 valence electrons.